The number of alkyl carbamates (subject to hydrolysis) is 1. The van der Waals surface area contributed by atoms with E-state index in [1.54, 1.807) is 0 Å². The number of hydrogen-bond donors (Lipinski definition) is 1. The van der Waals surface area contributed by atoms with E-state index >= 15 is 0 Å². The zero-order valence-electron chi connectivity index (χ0n) is 12.0. The van der Waals surface area contributed by atoms with E-state index in [9.17, 15) is 9.59 Å². The first kappa shape index (κ1) is 14.2. The topological polar surface area (TPSA) is 64.6 Å². The van der Waals surface area contributed by atoms with E-state index in [-0.39, 0.29) is 18.4 Å². The molecule has 0 bridgehead atoms. The molecule has 1 saturated heterocycles. The summed E-state index contributed by atoms with van der Waals surface area (Å²) in [7, 11) is 0. The molecule has 0 radical (unpaired) electrons. The van der Waals surface area contributed by atoms with E-state index in [0.29, 0.717) is 0 Å². The zero-order chi connectivity index (χ0) is 14.1. The lowest BCUT2D eigenvalue weighted by molar-refractivity contribution is -0.151. The summed E-state index contributed by atoms with van der Waals surface area (Å²) in [4.78, 5) is 23.4. The van der Waals surface area contributed by atoms with Crippen molar-refractivity contribution in [2.24, 2.45) is 0 Å². The molecule has 19 heavy (non-hydrogen) atoms. The second-order valence-corrected chi connectivity index (χ2v) is 6.50. The van der Waals surface area contributed by atoms with Crippen LogP contribution in [0.4, 0.5) is 4.79 Å². The minimum Gasteiger partial charge on any atom is -0.457 e. The van der Waals surface area contributed by atoms with Crippen molar-refractivity contribution in [1.29, 1.82) is 0 Å². The third kappa shape index (κ3) is 3.39. The minimum absolute atomic E-state index is 0.219. The highest BCUT2D eigenvalue weighted by Gasteiger charge is 2.50. The van der Waals surface area contributed by atoms with Gasteiger partial charge in [-0.15, -0.1) is 0 Å². The number of rotatable bonds is 1. The van der Waals surface area contributed by atoms with Crippen molar-refractivity contribution < 1.29 is 19.1 Å². The van der Waals surface area contributed by atoms with Gasteiger partial charge in [-0.05, 0) is 46.5 Å². The van der Waals surface area contributed by atoms with Gasteiger partial charge in [-0.2, -0.15) is 0 Å². The molecule has 2 aliphatic rings. The highest BCUT2D eigenvalue weighted by atomic mass is 16.6. The van der Waals surface area contributed by atoms with E-state index < -0.39 is 17.3 Å². The first-order chi connectivity index (χ1) is 8.81. The van der Waals surface area contributed by atoms with Crippen LogP contribution in [0.3, 0.4) is 0 Å². The number of carbonyl (C=O) groups is 2. The van der Waals surface area contributed by atoms with Crippen molar-refractivity contribution >= 4 is 12.1 Å². The normalized spacial score (nSPS) is 26.1. The molecule has 2 fully saturated rings. The average molecular weight is 269 g/mol. The highest BCUT2D eigenvalue weighted by molar-refractivity contribution is 5.76. The summed E-state index contributed by atoms with van der Waals surface area (Å²) in [6.45, 7) is 5.46. The molecule has 1 saturated carbocycles. The van der Waals surface area contributed by atoms with E-state index in [0.717, 1.165) is 25.7 Å². The predicted molar refractivity (Wildman–Crippen MR) is 69.7 cm³/mol. The van der Waals surface area contributed by atoms with Crippen molar-refractivity contribution in [2.75, 3.05) is 0 Å². The number of esters is 1. The van der Waals surface area contributed by atoms with Crippen LogP contribution in [0.5, 0.6) is 0 Å². The molecular weight excluding hydrogens is 246 g/mol. The second-order valence-electron chi connectivity index (χ2n) is 6.50. The van der Waals surface area contributed by atoms with Gasteiger partial charge >= 0.3 is 12.1 Å². The molecule has 0 aromatic heterocycles. The summed E-state index contributed by atoms with van der Waals surface area (Å²) in [6, 6.07) is -0.254. The van der Waals surface area contributed by atoms with Gasteiger partial charge in [0.05, 0.1) is 12.5 Å². The quantitative estimate of drug-likeness (QED) is 0.743. The number of amides is 1. The van der Waals surface area contributed by atoms with Gasteiger partial charge in [0, 0.05) is 0 Å². The predicted octanol–water partition coefficient (Wildman–Crippen LogP) is 2.53. The smallest absolute Gasteiger partial charge is 0.408 e. The van der Waals surface area contributed by atoms with Crippen LogP contribution in [-0.2, 0) is 14.3 Å². The fourth-order valence-electron chi connectivity index (χ4n) is 2.93. The fourth-order valence-corrected chi connectivity index (χ4v) is 2.93. The number of carbonyl (C=O) groups excluding carboxylic acids is 2. The lowest BCUT2D eigenvalue weighted by atomic mass is 9.80. The lowest BCUT2D eigenvalue weighted by Crippen LogP contribution is -2.51. The molecule has 1 amide bonds. The maximum Gasteiger partial charge on any atom is 0.408 e. The molecule has 0 unspecified atom stereocenters. The Morgan fingerprint density at radius 1 is 1.32 bits per heavy atom. The van der Waals surface area contributed by atoms with Gasteiger partial charge in [0.25, 0.3) is 0 Å². The van der Waals surface area contributed by atoms with Crippen molar-refractivity contribution in [2.45, 2.75) is 76.5 Å². The molecule has 5 heteroatoms. The molecule has 1 aliphatic heterocycles. The average Bonchev–Trinajstić information content (AvgIpc) is 2.53. The van der Waals surface area contributed by atoms with E-state index in [1.807, 2.05) is 20.8 Å². The van der Waals surface area contributed by atoms with Gasteiger partial charge in [-0.3, -0.25) is 4.79 Å². The Morgan fingerprint density at radius 3 is 2.53 bits per heavy atom. The van der Waals surface area contributed by atoms with Crippen LogP contribution < -0.4 is 5.32 Å². The maximum atomic E-state index is 11.8. The number of nitrogens with one attached hydrogen (secondary N) is 1. The Morgan fingerprint density at radius 2 is 1.95 bits per heavy atom. The van der Waals surface area contributed by atoms with Crippen LogP contribution in [0.1, 0.15) is 59.3 Å². The number of hydrogen-bond acceptors (Lipinski definition) is 4. The zero-order valence-corrected chi connectivity index (χ0v) is 12.0. The fraction of sp³-hybridized carbons (Fsp3) is 0.857. The van der Waals surface area contributed by atoms with Crippen LogP contribution >= 0.6 is 0 Å². The van der Waals surface area contributed by atoms with Crippen LogP contribution in [0.25, 0.3) is 0 Å². The van der Waals surface area contributed by atoms with Crippen LogP contribution in [0.2, 0.25) is 0 Å². The first-order valence-corrected chi connectivity index (χ1v) is 7.02. The molecule has 1 atom stereocenters. The standard InChI is InChI=1S/C14H23NO4/c1-13(2,3)19-12(17)15-10-9-11(16)18-14(10)7-5-4-6-8-14/h10H,4-9H2,1-3H3,(H,15,17)/t10-/m0/s1. The van der Waals surface area contributed by atoms with Crippen molar-refractivity contribution in [1.82, 2.24) is 5.32 Å². The van der Waals surface area contributed by atoms with Crippen molar-refractivity contribution in [3.05, 3.63) is 0 Å². The molecule has 0 aromatic rings. The molecule has 1 N–H and O–H groups in total. The largest absolute Gasteiger partial charge is 0.457 e. The Kier molecular flexibility index (Phi) is 3.74. The van der Waals surface area contributed by atoms with E-state index in [4.69, 9.17) is 9.47 Å². The van der Waals surface area contributed by atoms with Gasteiger partial charge in [-0.1, -0.05) is 6.42 Å². The highest BCUT2D eigenvalue weighted by Crippen LogP contribution is 2.40. The molecule has 5 nitrogen and oxygen atoms in total. The van der Waals surface area contributed by atoms with Crippen LogP contribution in [0, 0.1) is 0 Å². The third-order valence-corrected chi connectivity index (χ3v) is 3.71. The van der Waals surface area contributed by atoms with Gasteiger partial charge < -0.3 is 14.8 Å². The van der Waals surface area contributed by atoms with E-state index in [1.165, 1.54) is 6.42 Å². The molecule has 0 aromatic carbocycles. The summed E-state index contributed by atoms with van der Waals surface area (Å²) in [6.07, 6.45) is 4.69. The monoisotopic (exact) mass is 269 g/mol. The first-order valence-electron chi connectivity index (χ1n) is 7.02. The lowest BCUT2D eigenvalue weighted by Gasteiger charge is -2.37. The van der Waals surface area contributed by atoms with Crippen molar-refractivity contribution in [3.8, 4) is 0 Å². The van der Waals surface area contributed by atoms with Crippen molar-refractivity contribution in [3.63, 3.8) is 0 Å². The van der Waals surface area contributed by atoms with Gasteiger partial charge in [0.1, 0.15) is 11.2 Å². The van der Waals surface area contributed by atoms with Crippen LogP contribution in [0.15, 0.2) is 0 Å². The van der Waals surface area contributed by atoms with Gasteiger partial charge in [0.15, 0.2) is 0 Å². The molecular formula is C14H23NO4. The Labute approximate surface area is 114 Å². The molecule has 108 valence electrons. The maximum absolute atomic E-state index is 11.8. The molecule has 2 rings (SSSR count). The van der Waals surface area contributed by atoms with Crippen LogP contribution in [-0.4, -0.2) is 29.3 Å². The Balaban J connectivity index is 2.01. The summed E-state index contributed by atoms with van der Waals surface area (Å²) in [5.41, 5.74) is -1.03. The SMILES string of the molecule is CC(C)(C)OC(=O)N[C@H]1CC(=O)OC12CCCCC2. The number of ether oxygens (including phenoxy) is 2. The van der Waals surface area contributed by atoms with Gasteiger partial charge in [0.2, 0.25) is 0 Å². The molecule has 1 heterocycles. The summed E-state index contributed by atoms with van der Waals surface area (Å²) in [5.74, 6) is -0.219. The summed E-state index contributed by atoms with van der Waals surface area (Å²) in [5, 5.41) is 2.82. The second kappa shape index (κ2) is 5.02. The Hall–Kier alpha value is -1.26. The minimum atomic E-state index is -0.534. The third-order valence-electron chi connectivity index (χ3n) is 3.71. The molecule has 1 aliphatic carbocycles. The summed E-state index contributed by atoms with van der Waals surface area (Å²) >= 11 is 0. The summed E-state index contributed by atoms with van der Waals surface area (Å²) < 4.78 is 10.8. The Bertz CT molecular complexity index is 366. The van der Waals surface area contributed by atoms with Gasteiger partial charge in [-0.25, -0.2) is 4.79 Å². The molecule has 1 spiro atoms. The van der Waals surface area contributed by atoms with E-state index in [2.05, 4.69) is 5.32 Å².